The third kappa shape index (κ3) is 2.10. The summed E-state index contributed by atoms with van der Waals surface area (Å²) >= 11 is 7.12. The molecule has 0 spiro atoms. The molecule has 0 atom stereocenters. The molecule has 1 heterocycles. The summed E-state index contributed by atoms with van der Waals surface area (Å²) < 4.78 is 0. The second kappa shape index (κ2) is 4.27. The predicted molar refractivity (Wildman–Crippen MR) is 66.1 cm³/mol. The number of anilines is 1. The molecule has 2 aromatic rings. The van der Waals surface area contributed by atoms with Crippen LogP contribution >= 0.6 is 23.4 Å². The van der Waals surface area contributed by atoms with Crippen LogP contribution in [0, 0.1) is 6.92 Å². The minimum Gasteiger partial charge on any atom is -0.398 e. The van der Waals surface area contributed by atoms with E-state index in [1.165, 1.54) is 11.8 Å². The number of rotatable bonds is 2. The van der Waals surface area contributed by atoms with Crippen molar-refractivity contribution in [2.75, 3.05) is 5.73 Å². The normalized spacial score (nSPS) is 10.6. The Kier molecular flexibility index (Phi) is 2.98. The lowest BCUT2D eigenvalue weighted by molar-refractivity contribution is 1.02. The van der Waals surface area contributed by atoms with E-state index in [0.717, 1.165) is 10.6 Å². The van der Waals surface area contributed by atoms with Crippen LogP contribution in [0.15, 0.2) is 32.8 Å². The average molecular weight is 256 g/mol. The van der Waals surface area contributed by atoms with Gasteiger partial charge in [0.15, 0.2) is 0 Å². The Morgan fingerprint density at radius 1 is 1.38 bits per heavy atom. The van der Waals surface area contributed by atoms with Crippen molar-refractivity contribution >= 4 is 29.1 Å². The minimum absolute atomic E-state index is 0.142. The number of hydrogen-bond donors (Lipinski definition) is 3. The Hall–Kier alpha value is -1.33. The molecule has 0 saturated carbocycles. The summed E-state index contributed by atoms with van der Waals surface area (Å²) in [5, 5.41) is 5.87. The van der Waals surface area contributed by atoms with Crippen molar-refractivity contribution in [3.8, 4) is 0 Å². The Morgan fingerprint density at radius 2 is 2.12 bits per heavy atom. The zero-order chi connectivity index (χ0) is 11.7. The Bertz CT molecular complexity index is 576. The van der Waals surface area contributed by atoms with Crippen LogP contribution in [0.1, 0.15) is 5.69 Å². The van der Waals surface area contributed by atoms with Crippen LogP contribution < -0.4 is 11.3 Å². The zero-order valence-corrected chi connectivity index (χ0v) is 10.1. The molecule has 84 valence electrons. The number of nitrogens with two attached hydrogens (primary N) is 1. The van der Waals surface area contributed by atoms with E-state index in [1.807, 2.05) is 6.92 Å². The van der Waals surface area contributed by atoms with Gasteiger partial charge in [0.2, 0.25) is 0 Å². The Balaban J connectivity index is 2.38. The Labute approximate surface area is 101 Å². The first-order chi connectivity index (χ1) is 7.58. The first-order valence-electron chi connectivity index (χ1n) is 4.58. The van der Waals surface area contributed by atoms with E-state index >= 15 is 0 Å². The van der Waals surface area contributed by atoms with Crippen molar-refractivity contribution in [3.05, 3.63) is 39.3 Å². The summed E-state index contributed by atoms with van der Waals surface area (Å²) in [5.41, 5.74) is 7.03. The molecule has 0 aliphatic rings. The lowest BCUT2D eigenvalue weighted by Crippen LogP contribution is -2.01. The quantitative estimate of drug-likeness (QED) is 0.722. The van der Waals surface area contributed by atoms with E-state index in [0.29, 0.717) is 15.6 Å². The summed E-state index contributed by atoms with van der Waals surface area (Å²) in [7, 11) is 0. The molecule has 0 radical (unpaired) electrons. The molecule has 1 aromatic heterocycles. The van der Waals surface area contributed by atoms with Crippen molar-refractivity contribution in [3.63, 3.8) is 0 Å². The first-order valence-corrected chi connectivity index (χ1v) is 5.77. The minimum atomic E-state index is -0.142. The maximum absolute atomic E-state index is 11.4. The molecular weight excluding hydrogens is 246 g/mol. The van der Waals surface area contributed by atoms with Gasteiger partial charge in [-0.25, -0.2) is 0 Å². The van der Waals surface area contributed by atoms with Crippen molar-refractivity contribution in [2.24, 2.45) is 0 Å². The van der Waals surface area contributed by atoms with Gasteiger partial charge in [0.25, 0.3) is 5.56 Å². The van der Waals surface area contributed by atoms with Gasteiger partial charge in [0.05, 0.1) is 4.90 Å². The lowest BCUT2D eigenvalue weighted by Gasteiger charge is -2.03. The number of aromatic nitrogens is 2. The molecular formula is C10H10ClN3OS. The molecule has 0 saturated heterocycles. The SMILES string of the molecule is Cc1[nH][nH]c(=O)c1Sc1ccc(Cl)cc1N. The van der Waals surface area contributed by atoms with E-state index in [2.05, 4.69) is 10.2 Å². The Morgan fingerprint density at radius 3 is 2.69 bits per heavy atom. The van der Waals surface area contributed by atoms with Gasteiger partial charge < -0.3 is 10.8 Å². The zero-order valence-electron chi connectivity index (χ0n) is 8.50. The molecule has 0 amide bonds. The highest BCUT2D eigenvalue weighted by Crippen LogP contribution is 2.32. The molecule has 2 rings (SSSR count). The van der Waals surface area contributed by atoms with Gasteiger partial charge in [-0.15, -0.1) is 0 Å². The molecule has 1 aromatic carbocycles. The van der Waals surface area contributed by atoms with Crippen LogP contribution in [0.25, 0.3) is 0 Å². The van der Waals surface area contributed by atoms with Gasteiger partial charge in [-0.1, -0.05) is 23.4 Å². The van der Waals surface area contributed by atoms with Crippen molar-refractivity contribution in [1.82, 2.24) is 10.2 Å². The highest BCUT2D eigenvalue weighted by molar-refractivity contribution is 7.99. The van der Waals surface area contributed by atoms with Gasteiger partial charge in [-0.05, 0) is 25.1 Å². The number of halogens is 1. The summed E-state index contributed by atoms with van der Waals surface area (Å²) in [6, 6.07) is 5.21. The highest BCUT2D eigenvalue weighted by Gasteiger charge is 2.10. The van der Waals surface area contributed by atoms with Crippen LogP contribution in [0.2, 0.25) is 5.02 Å². The average Bonchev–Trinajstić information content (AvgIpc) is 2.53. The maximum atomic E-state index is 11.4. The van der Waals surface area contributed by atoms with Crippen LogP contribution in [-0.4, -0.2) is 10.2 Å². The summed E-state index contributed by atoms with van der Waals surface area (Å²) in [6.07, 6.45) is 0. The fraction of sp³-hybridized carbons (Fsp3) is 0.100. The van der Waals surface area contributed by atoms with Crippen LogP contribution in [0.5, 0.6) is 0 Å². The number of aromatic amines is 2. The van der Waals surface area contributed by atoms with Crippen LogP contribution in [-0.2, 0) is 0 Å². The summed E-state index contributed by atoms with van der Waals surface area (Å²) in [4.78, 5) is 12.9. The largest absolute Gasteiger partial charge is 0.398 e. The molecule has 6 heteroatoms. The van der Waals surface area contributed by atoms with E-state index in [-0.39, 0.29) is 5.56 Å². The lowest BCUT2D eigenvalue weighted by atomic mass is 10.3. The fourth-order valence-electron chi connectivity index (χ4n) is 1.28. The third-order valence-corrected chi connectivity index (χ3v) is 3.62. The number of aryl methyl sites for hydroxylation is 1. The number of benzene rings is 1. The van der Waals surface area contributed by atoms with E-state index < -0.39 is 0 Å². The van der Waals surface area contributed by atoms with E-state index in [4.69, 9.17) is 17.3 Å². The molecule has 16 heavy (non-hydrogen) atoms. The van der Waals surface area contributed by atoms with Gasteiger partial charge in [-0.2, -0.15) is 0 Å². The molecule has 0 bridgehead atoms. The molecule has 0 fully saturated rings. The second-order valence-electron chi connectivity index (χ2n) is 3.32. The van der Waals surface area contributed by atoms with Crippen LogP contribution in [0.4, 0.5) is 5.69 Å². The highest BCUT2D eigenvalue weighted by atomic mass is 35.5. The van der Waals surface area contributed by atoms with E-state index in [1.54, 1.807) is 18.2 Å². The van der Waals surface area contributed by atoms with Gasteiger partial charge in [0, 0.05) is 21.3 Å². The van der Waals surface area contributed by atoms with Gasteiger partial charge in [0.1, 0.15) is 0 Å². The van der Waals surface area contributed by atoms with Crippen LogP contribution in [0.3, 0.4) is 0 Å². The molecule has 0 aliphatic heterocycles. The predicted octanol–water partition coefficient (Wildman–Crippen LogP) is 2.40. The second-order valence-corrected chi connectivity index (χ2v) is 4.81. The smallest absolute Gasteiger partial charge is 0.278 e. The molecule has 4 N–H and O–H groups in total. The topological polar surface area (TPSA) is 74.7 Å². The maximum Gasteiger partial charge on any atom is 0.278 e. The van der Waals surface area contributed by atoms with Crippen molar-refractivity contribution in [1.29, 1.82) is 0 Å². The number of nitrogens with one attached hydrogen (secondary N) is 2. The monoisotopic (exact) mass is 255 g/mol. The van der Waals surface area contributed by atoms with Crippen molar-refractivity contribution < 1.29 is 0 Å². The standard InChI is InChI=1S/C10H10ClN3OS/c1-5-9(10(15)14-13-5)16-8-3-2-6(11)4-7(8)12/h2-4H,12H2,1H3,(H2,13,14,15). The third-order valence-electron chi connectivity index (χ3n) is 2.09. The number of nitrogen functional groups attached to an aromatic ring is 1. The van der Waals surface area contributed by atoms with Gasteiger partial charge >= 0.3 is 0 Å². The fourth-order valence-corrected chi connectivity index (χ4v) is 2.34. The molecule has 0 unspecified atom stereocenters. The summed E-state index contributed by atoms with van der Waals surface area (Å²) in [6.45, 7) is 1.83. The summed E-state index contributed by atoms with van der Waals surface area (Å²) in [5.74, 6) is 0. The van der Waals surface area contributed by atoms with Crippen molar-refractivity contribution in [2.45, 2.75) is 16.7 Å². The first kappa shape index (κ1) is 11.2. The molecule has 0 aliphatic carbocycles. The van der Waals surface area contributed by atoms with E-state index in [9.17, 15) is 4.79 Å². The van der Waals surface area contributed by atoms with Gasteiger partial charge in [-0.3, -0.25) is 9.89 Å². The number of H-pyrrole nitrogens is 2. The number of hydrogen-bond acceptors (Lipinski definition) is 3. The molecule has 4 nitrogen and oxygen atoms in total.